The largest absolute Gasteiger partial charge is 0.491 e. The van der Waals surface area contributed by atoms with Crippen LogP contribution in [0, 0.1) is 5.92 Å². The fraction of sp³-hybridized carbons (Fsp3) is 0.524. The van der Waals surface area contributed by atoms with Crippen molar-refractivity contribution in [3.63, 3.8) is 0 Å². The monoisotopic (exact) mass is 360 g/mol. The number of allylic oxidation sites excluding steroid dienone is 2. The molecule has 1 N–H and O–H groups in total. The van der Waals surface area contributed by atoms with Gasteiger partial charge in [0.15, 0.2) is 8.32 Å². The Hall–Kier alpha value is -1.36. The smallest absolute Gasteiger partial charge is 0.193 e. The first-order chi connectivity index (χ1) is 11.7. The standard InChI is InChI=1S/C21H32O3Si/c1-21(2,3)25(4,5)24-20(14-12-17-11-13-18(22)15-17)16-23-19-9-7-6-8-10-19/h6-14,17-18,20,22H,15-16H2,1-5H3/b14-12+/t17-,18+,20?/m1/s1. The van der Waals surface area contributed by atoms with Crippen LogP contribution in [-0.2, 0) is 4.43 Å². The molecule has 1 aromatic rings. The molecule has 1 unspecified atom stereocenters. The molecule has 0 saturated heterocycles. The summed E-state index contributed by atoms with van der Waals surface area (Å²) in [6.07, 6.45) is 8.50. The fourth-order valence-corrected chi connectivity index (χ4v) is 3.75. The van der Waals surface area contributed by atoms with E-state index in [0.29, 0.717) is 6.61 Å². The molecule has 0 aliphatic heterocycles. The predicted molar refractivity (Wildman–Crippen MR) is 106 cm³/mol. The van der Waals surface area contributed by atoms with Crippen molar-refractivity contribution in [2.75, 3.05) is 6.61 Å². The van der Waals surface area contributed by atoms with Crippen molar-refractivity contribution in [3.8, 4) is 5.75 Å². The Bertz CT molecular complexity index is 587. The Morgan fingerprint density at radius 1 is 1.20 bits per heavy atom. The van der Waals surface area contributed by atoms with Gasteiger partial charge in [-0.3, -0.25) is 0 Å². The van der Waals surface area contributed by atoms with Crippen LogP contribution in [0.3, 0.4) is 0 Å². The molecule has 0 spiro atoms. The molecule has 25 heavy (non-hydrogen) atoms. The normalized spacial score (nSPS) is 22.5. The SMILES string of the molecule is CC(C)(C)[Si](C)(C)OC(/C=C/[C@H]1C=C[C@H](O)C1)COc1ccccc1. The van der Waals surface area contributed by atoms with Crippen LogP contribution >= 0.6 is 0 Å². The zero-order valence-corrected chi connectivity index (χ0v) is 17.1. The Labute approximate surface area is 153 Å². The third-order valence-electron chi connectivity index (χ3n) is 5.08. The first-order valence-corrected chi connectivity index (χ1v) is 12.0. The number of aliphatic hydroxyl groups excluding tert-OH is 1. The molecule has 0 aromatic heterocycles. The van der Waals surface area contributed by atoms with Crippen molar-refractivity contribution in [1.29, 1.82) is 0 Å². The highest BCUT2D eigenvalue weighted by Crippen LogP contribution is 2.37. The minimum absolute atomic E-state index is 0.0905. The zero-order valence-electron chi connectivity index (χ0n) is 16.1. The van der Waals surface area contributed by atoms with Crippen LogP contribution in [-0.4, -0.2) is 32.2 Å². The van der Waals surface area contributed by atoms with Crippen molar-refractivity contribution in [1.82, 2.24) is 0 Å². The van der Waals surface area contributed by atoms with Gasteiger partial charge in [0.2, 0.25) is 0 Å². The Balaban J connectivity index is 2.05. The number of benzene rings is 1. The number of hydrogen-bond donors (Lipinski definition) is 1. The maximum Gasteiger partial charge on any atom is 0.193 e. The van der Waals surface area contributed by atoms with E-state index in [1.807, 2.05) is 36.4 Å². The summed E-state index contributed by atoms with van der Waals surface area (Å²) in [4.78, 5) is 0. The van der Waals surface area contributed by atoms with Gasteiger partial charge in [-0.25, -0.2) is 0 Å². The minimum atomic E-state index is -1.90. The molecule has 1 aliphatic carbocycles. The van der Waals surface area contributed by atoms with Gasteiger partial charge in [0.05, 0.1) is 12.2 Å². The number of para-hydroxylation sites is 1. The Morgan fingerprint density at radius 3 is 2.44 bits per heavy atom. The van der Waals surface area contributed by atoms with Gasteiger partial charge in [-0.1, -0.05) is 63.3 Å². The predicted octanol–water partition coefficient (Wildman–Crippen LogP) is 4.95. The van der Waals surface area contributed by atoms with Crippen molar-refractivity contribution in [2.45, 2.75) is 57.5 Å². The van der Waals surface area contributed by atoms with Crippen molar-refractivity contribution >= 4 is 8.32 Å². The molecule has 3 nitrogen and oxygen atoms in total. The second-order valence-electron chi connectivity index (χ2n) is 8.28. The van der Waals surface area contributed by atoms with Crippen LogP contribution in [0.25, 0.3) is 0 Å². The average molecular weight is 361 g/mol. The second kappa shape index (κ2) is 8.34. The summed E-state index contributed by atoms with van der Waals surface area (Å²) in [5, 5.41) is 9.79. The highest BCUT2D eigenvalue weighted by Gasteiger charge is 2.39. The number of ether oxygens (including phenoxy) is 1. The number of hydrogen-bond acceptors (Lipinski definition) is 3. The highest BCUT2D eigenvalue weighted by atomic mass is 28.4. The maximum atomic E-state index is 9.64. The lowest BCUT2D eigenvalue weighted by atomic mass is 10.1. The molecule has 138 valence electrons. The molecule has 0 heterocycles. The van der Waals surface area contributed by atoms with E-state index in [0.717, 1.165) is 12.2 Å². The van der Waals surface area contributed by atoms with Crippen LogP contribution in [0.2, 0.25) is 18.1 Å². The topological polar surface area (TPSA) is 38.7 Å². The molecular formula is C21H32O3Si. The van der Waals surface area contributed by atoms with Crippen LogP contribution < -0.4 is 4.74 Å². The van der Waals surface area contributed by atoms with Crippen molar-refractivity contribution < 1.29 is 14.3 Å². The summed E-state index contributed by atoms with van der Waals surface area (Å²) in [7, 11) is -1.90. The van der Waals surface area contributed by atoms with E-state index in [1.54, 1.807) is 0 Å². The molecule has 0 saturated carbocycles. The van der Waals surface area contributed by atoms with Crippen LogP contribution in [0.1, 0.15) is 27.2 Å². The highest BCUT2D eigenvalue weighted by molar-refractivity contribution is 6.74. The van der Waals surface area contributed by atoms with E-state index in [2.05, 4.69) is 52.1 Å². The first kappa shape index (κ1) is 20.0. The molecule has 2 rings (SSSR count). The molecule has 1 aromatic carbocycles. The van der Waals surface area contributed by atoms with Gasteiger partial charge >= 0.3 is 0 Å². The second-order valence-corrected chi connectivity index (χ2v) is 13.0. The Kier molecular flexibility index (Phi) is 6.66. The van der Waals surface area contributed by atoms with Crippen LogP contribution in [0.5, 0.6) is 5.75 Å². The number of aliphatic hydroxyl groups is 1. The lowest BCUT2D eigenvalue weighted by molar-refractivity contribution is 0.149. The summed E-state index contributed by atoms with van der Waals surface area (Å²) >= 11 is 0. The average Bonchev–Trinajstić information content (AvgIpc) is 2.95. The summed E-state index contributed by atoms with van der Waals surface area (Å²) in [6.45, 7) is 11.7. The quantitative estimate of drug-likeness (QED) is 0.552. The van der Waals surface area contributed by atoms with E-state index in [1.165, 1.54) is 0 Å². The molecule has 4 heteroatoms. The van der Waals surface area contributed by atoms with Crippen molar-refractivity contribution in [3.05, 3.63) is 54.6 Å². The van der Waals surface area contributed by atoms with Crippen molar-refractivity contribution in [2.24, 2.45) is 5.92 Å². The van der Waals surface area contributed by atoms with E-state index in [-0.39, 0.29) is 23.2 Å². The van der Waals surface area contributed by atoms with Crippen LogP contribution in [0.4, 0.5) is 0 Å². The Morgan fingerprint density at radius 2 is 1.88 bits per heavy atom. The third kappa shape index (κ3) is 6.14. The lowest BCUT2D eigenvalue weighted by Crippen LogP contribution is -2.44. The summed E-state index contributed by atoms with van der Waals surface area (Å²) in [6, 6.07) is 9.85. The van der Waals surface area contributed by atoms with Gasteiger partial charge in [0, 0.05) is 0 Å². The van der Waals surface area contributed by atoms with Crippen LogP contribution in [0.15, 0.2) is 54.6 Å². The summed E-state index contributed by atoms with van der Waals surface area (Å²) < 4.78 is 12.5. The maximum absolute atomic E-state index is 9.64. The molecule has 3 atom stereocenters. The summed E-state index contributed by atoms with van der Waals surface area (Å²) in [5.41, 5.74) is 0. The van der Waals surface area contributed by atoms with Gasteiger partial charge in [0.1, 0.15) is 12.4 Å². The molecule has 0 fully saturated rings. The minimum Gasteiger partial charge on any atom is -0.491 e. The lowest BCUT2D eigenvalue weighted by Gasteiger charge is -2.38. The third-order valence-corrected chi connectivity index (χ3v) is 9.58. The van der Waals surface area contributed by atoms with Gasteiger partial charge in [0.25, 0.3) is 0 Å². The molecule has 0 bridgehead atoms. The van der Waals surface area contributed by atoms with E-state index in [9.17, 15) is 5.11 Å². The molecule has 0 amide bonds. The number of rotatable bonds is 7. The van der Waals surface area contributed by atoms with E-state index >= 15 is 0 Å². The van der Waals surface area contributed by atoms with Gasteiger partial charge < -0.3 is 14.3 Å². The van der Waals surface area contributed by atoms with E-state index < -0.39 is 8.32 Å². The zero-order chi connectivity index (χ0) is 18.5. The van der Waals surface area contributed by atoms with E-state index in [4.69, 9.17) is 9.16 Å². The first-order valence-electron chi connectivity index (χ1n) is 9.08. The molecular weight excluding hydrogens is 328 g/mol. The van der Waals surface area contributed by atoms with Gasteiger partial charge in [-0.05, 0) is 42.6 Å². The van der Waals surface area contributed by atoms with Gasteiger partial charge in [-0.2, -0.15) is 0 Å². The fourth-order valence-electron chi connectivity index (χ4n) is 2.50. The summed E-state index contributed by atoms with van der Waals surface area (Å²) in [5.74, 6) is 1.13. The molecule has 1 aliphatic rings. The van der Waals surface area contributed by atoms with Gasteiger partial charge in [-0.15, -0.1) is 0 Å². The molecule has 0 radical (unpaired) electrons.